The maximum Gasteiger partial charge on any atom is 0.416 e. The molecule has 1 unspecified atom stereocenters. The van der Waals surface area contributed by atoms with Crippen molar-refractivity contribution in [1.82, 2.24) is 19.4 Å². The molecule has 1 aliphatic rings. The van der Waals surface area contributed by atoms with Crippen molar-refractivity contribution in [3.05, 3.63) is 117 Å². The number of carbonyl (C=O) groups excluding carboxylic acids is 1. The lowest BCUT2D eigenvalue weighted by molar-refractivity contribution is -0.137. The third kappa shape index (κ3) is 8.73. The highest BCUT2D eigenvalue weighted by Gasteiger charge is 2.30. The quantitative estimate of drug-likeness (QED) is 0.0826. The number of hydrogen-bond donors (Lipinski definition) is 0. The van der Waals surface area contributed by atoms with Gasteiger partial charge >= 0.3 is 6.18 Å². The molecule has 0 saturated heterocycles. The van der Waals surface area contributed by atoms with Gasteiger partial charge in [0, 0.05) is 46.1 Å². The number of fused-ring (bicyclic) bond motifs is 1. The zero-order valence-corrected chi connectivity index (χ0v) is 26.8. The van der Waals surface area contributed by atoms with Crippen LogP contribution >= 0.6 is 11.8 Å². The molecular formula is C37H40F4N4O2S. The van der Waals surface area contributed by atoms with Crippen LogP contribution in [-0.4, -0.2) is 51.3 Å². The van der Waals surface area contributed by atoms with Crippen LogP contribution in [0.1, 0.15) is 69.3 Å². The van der Waals surface area contributed by atoms with Crippen LogP contribution in [0.5, 0.6) is 0 Å². The third-order valence-electron chi connectivity index (χ3n) is 7.06. The molecular weight excluding hydrogens is 640 g/mol. The van der Waals surface area contributed by atoms with Crippen molar-refractivity contribution in [2.75, 3.05) is 26.1 Å². The molecule has 5 rings (SSSR count). The van der Waals surface area contributed by atoms with Crippen molar-refractivity contribution < 1.29 is 42.9 Å². The van der Waals surface area contributed by atoms with E-state index in [2.05, 4.69) is 4.98 Å². The zero-order chi connectivity index (χ0) is 47.8. The fraction of sp³-hybridized carbons (Fsp3) is 0.378. The Morgan fingerprint density at radius 1 is 1.02 bits per heavy atom. The van der Waals surface area contributed by atoms with Crippen molar-refractivity contribution >= 4 is 17.7 Å². The molecule has 1 heterocycles. The van der Waals surface area contributed by atoms with Gasteiger partial charge in [0.05, 0.1) is 16.5 Å². The number of carbonyl (C=O) groups is 1. The van der Waals surface area contributed by atoms with E-state index >= 15 is 0 Å². The van der Waals surface area contributed by atoms with Gasteiger partial charge in [-0.3, -0.25) is 9.59 Å². The lowest BCUT2D eigenvalue weighted by atomic mass is 10.0. The van der Waals surface area contributed by atoms with Crippen LogP contribution in [0.25, 0.3) is 11.1 Å². The van der Waals surface area contributed by atoms with Crippen LogP contribution in [0.15, 0.2) is 82.7 Å². The summed E-state index contributed by atoms with van der Waals surface area (Å²) in [5.41, 5.74) is -4.64. The molecule has 254 valence electrons. The van der Waals surface area contributed by atoms with Crippen LogP contribution in [0.2, 0.25) is 0 Å². The van der Waals surface area contributed by atoms with Crippen LogP contribution in [0, 0.1) is 11.7 Å². The van der Waals surface area contributed by atoms with Gasteiger partial charge in [0.15, 0.2) is 5.16 Å². The third-order valence-corrected chi connectivity index (χ3v) is 8.06. The fourth-order valence-corrected chi connectivity index (χ4v) is 5.42. The van der Waals surface area contributed by atoms with Crippen LogP contribution < -0.4 is 5.56 Å². The van der Waals surface area contributed by atoms with Gasteiger partial charge in [-0.2, -0.15) is 18.2 Å². The molecule has 3 aromatic carbocycles. The number of hydrogen-bond acceptors (Lipinski definition) is 5. The normalized spacial score (nSPS) is 23.5. The molecule has 0 bridgehead atoms. The number of amides is 1. The van der Waals surface area contributed by atoms with Crippen molar-refractivity contribution in [3.8, 4) is 11.1 Å². The SMILES string of the molecule is [2H]c1c([2H])c(CSc2nc(=O)c3c(n2CC(=O)N(C([2H])([2H])c2ccc(-c4ccc(C(F)(F)F)cc4)cc2)C([2H])([2H])C([2H])([2H])N(CC)CC)C([2H])([2H])C([2H])(C)C3([2H])[2H])c([2H])c([2H])c1F. The maximum atomic E-state index is 14.9. The molecule has 0 saturated carbocycles. The van der Waals surface area contributed by atoms with Gasteiger partial charge in [-0.05, 0) is 78.2 Å². The second kappa shape index (κ2) is 15.5. The summed E-state index contributed by atoms with van der Waals surface area (Å²) in [6, 6.07) is 4.94. The Morgan fingerprint density at radius 2 is 1.65 bits per heavy atom. The standard InChI is InChI=1S/C37H40F4N4O2S/c1-4-43(5-2)18-19-44(22-26-6-10-28(11-7-26)29-12-14-30(15-13-29)37(39,40)41)34(46)23-45-33-21-25(3)20-32(33)35(47)42-36(45)48-24-27-8-16-31(38)17-9-27/h6-17,25H,4-5,18-24H2,1-3H3/i8D,9D,16D,17D,18D2,19D2,20D2,21D2,22D2,25D. The van der Waals surface area contributed by atoms with E-state index in [4.69, 9.17) is 15.1 Å². The second-order valence-corrected chi connectivity index (χ2v) is 11.3. The Labute approximate surface area is 303 Å². The predicted molar refractivity (Wildman–Crippen MR) is 181 cm³/mol. The molecule has 0 aliphatic heterocycles. The van der Waals surface area contributed by atoms with Crippen molar-refractivity contribution in [2.24, 2.45) is 5.89 Å². The molecule has 48 heavy (non-hydrogen) atoms. The average molecular weight is 696 g/mol. The zero-order valence-electron chi connectivity index (χ0n) is 41.0. The Balaban J connectivity index is 1.72. The maximum absolute atomic E-state index is 14.9. The van der Waals surface area contributed by atoms with E-state index in [1.165, 1.54) is 38.1 Å². The molecule has 0 spiro atoms. The second-order valence-electron chi connectivity index (χ2n) is 10.4. The number of benzene rings is 3. The number of alkyl halides is 3. The number of aromatic nitrogens is 2. The van der Waals surface area contributed by atoms with E-state index < -0.39 is 131 Å². The summed E-state index contributed by atoms with van der Waals surface area (Å²) in [4.78, 5) is 33.3. The smallest absolute Gasteiger partial charge is 0.336 e. The highest BCUT2D eigenvalue weighted by Crippen LogP contribution is 2.32. The summed E-state index contributed by atoms with van der Waals surface area (Å²) in [5.74, 6) is -6.58. The predicted octanol–water partition coefficient (Wildman–Crippen LogP) is 7.47. The highest BCUT2D eigenvalue weighted by molar-refractivity contribution is 7.98. The molecule has 11 heteroatoms. The lowest BCUT2D eigenvalue weighted by Crippen LogP contribution is -2.40. The van der Waals surface area contributed by atoms with Crippen molar-refractivity contribution in [2.45, 2.75) is 63.6 Å². The fourth-order valence-electron chi connectivity index (χ4n) is 4.54. The Kier molecular flexibility index (Phi) is 6.63. The van der Waals surface area contributed by atoms with Gasteiger partial charge in [0.25, 0.3) is 5.56 Å². The summed E-state index contributed by atoms with van der Waals surface area (Å²) in [6.07, 6.45) is -10.9. The minimum absolute atomic E-state index is 0.0774. The first kappa shape index (κ1) is 20.5. The van der Waals surface area contributed by atoms with Gasteiger partial charge in [0.2, 0.25) is 5.91 Å². The van der Waals surface area contributed by atoms with Gasteiger partial charge in [-0.25, -0.2) is 4.39 Å². The Bertz CT molecular complexity index is 2450. The molecule has 0 N–H and O–H groups in total. The van der Waals surface area contributed by atoms with Crippen LogP contribution in [0.4, 0.5) is 17.6 Å². The van der Waals surface area contributed by atoms with E-state index in [-0.39, 0.29) is 29.1 Å². The van der Waals surface area contributed by atoms with E-state index in [0.29, 0.717) is 16.3 Å². The summed E-state index contributed by atoms with van der Waals surface area (Å²) in [5, 5.41) is -0.681. The highest BCUT2D eigenvalue weighted by atomic mass is 32.2. The molecule has 1 atom stereocenters. The van der Waals surface area contributed by atoms with Gasteiger partial charge < -0.3 is 14.4 Å². The average Bonchev–Trinajstić information content (AvgIpc) is 3.30. The van der Waals surface area contributed by atoms with Crippen LogP contribution in [0.3, 0.4) is 0 Å². The van der Waals surface area contributed by atoms with Gasteiger partial charge in [-0.15, -0.1) is 0 Å². The largest absolute Gasteiger partial charge is 0.416 e. The molecule has 6 nitrogen and oxygen atoms in total. The lowest BCUT2D eigenvalue weighted by Gasteiger charge is -2.28. The summed E-state index contributed by atoms with van der Waals surface area (Å²) >= 11 is 0.387. The monoisotopic (exact) mass is 695 g/mol. The number of halogens is 4. The minimum Gasteiger partial charge on any atom is -0.336 e. The number of rotatable bonds is 13. The van der Waals surface area contributed by atoms with Crippen LogP contribution in [-0.2, 0) is 42.5 Å². The molecule has 4 aromatic rings. The molecule has 0 radical (unpaired) electrons. The van der Waals surface area contributed by atoms with Crippen molar-refractivity contribution in [3.63, 3.8) is 0 Å². The molecule has 1 aliphatic carbocycles. The van der Waals surface area contributed by atoms with Gasteiger partial charge in [-0.1, -0.05) is 81.0 Å². The molecule has 1 aromatic heterocycles. The molecule has 1 amide bonds. The first-order valence-corrected chi connectivity index (χ1v) is 15.6. The number of likely N-dealkylation sites (N-methyl/N-ethyl adjacent to an activating group) is 1. The topological polar surface area (TPSA) is 58.4 Å². The van der Waals surface area contributed by atoms with Gasteiger partial charge in [0.1, 0.15) is 12.4 Å². The Hall–Kier alpha value is -3.96. The van der Waals surface area contributed by atoms with E-state index in [1.807, 2.05) is 0 Å². The van der Waals surface area contributed by atoms with E-state index in [9.17, 15) is 32.6 Å². The first-order chi connectivity index (χ1) is 28.8. The molecule has 0 fully saturated rings. The Morgan fingerprint density at radius 3 is 2.25 bits per heavy atom. The van der Waals surface area contributed by atoms with E-state index in [0.717, 1.165) is 36.1 Å². The van der Waals surface area contributed by atoms with Crippen molar-refractivity contribution in [1.29, 1.82) is 0 Å². The summed E-state index contributed by atoms with van der Waals surface area (Å²) in [6.45, 7) is -8.07. The number of nitrogens with zero attached hydrogens (tertiary/aromatic N) is 4. The number of thioether (sulfide) groups is 1. The first-order valence-electron chi connectivity index (χ1n) is 22.2. The summed E-state index contributed by atoms with van der Waals surface area (Å²) < 4.78 is 186. The summed E-state index contributed by atoms with van der Waals surface area (Å²) in [7, 11) is 0. The minimum atomic E-state index is -4.62. The van der Waals surface area contributed by atoms with E-state index in [1.54, 1.807) is 0 Å².